The van der Waals surface area contributed by atoms with E-state index in [1.54, 1.807) is 6.26 Å². The number of aromatic amines is 1. The van der Waals surface area contributed by atoms with Crippen LogP contribution >= 0.6 is 0 Å². The Bertz CT molecular complexity index is 1020. The van der Waals surface area contributed by atoms with E-state index in [9.17, 15) is 0 Å². The molecule has 1 aliphatic heterocycles. The monoisotopic (exact) mass is 356 g/mol. The maximum absolute atomic E-state index is 5.60. The molecule has 1 aliphatic rings. The summed E-state index contributed by atoms with van der Waals surface area (Å²) in [6, 6.07) is 23.9. The first-order valence-corrected chi connectivity index (χ1v) is 9.78. The smallest absolute Gasteiger partial charge is 0.103 e. The number of rotatable bonds is 5. The molecule has 2 aromatic heterocycles. The second-order valence-corrected chi connectivity index (χ2v) is 7.40. The molecule has 136 valence electrons. The van der Waals surface area contributed by atoms with Crippen molar-refractivity contribution in [3.8, 4) is 0 Å². The van der Waals surface area contributed by atoms with Crippen LogP contribution in [0.5, 0.6) is 0 Å². The fourth-order valence-electron chi connectivity index (χ4n) is 4.44. The van der Waals surface area contributed by atoms with Gasteiger partial charge < -0.3 is 9.40 Å². The van der Waals surface area contributed by atoms with Crippen LogP contribution < -0.4 is 0 Å². The minimum Gasteiger partial charge on any atom is -0.469 e. The molecule has 5 rings (SSSR count). The maximum Gasteiger partial charge on any atom is 0.103 e. The first kappa shape index (κ1) is 16.4. The van der Waals surface area contributed by atoms with Crippen LogP contribution in [0.1, 0.15) is 35.0 Å². The molecule has 27 heavy (non-hydrogen) atoms. The molecule has 0 bridgehead atoms. The molecule has 3 nitrogen and oxygen atoms in total. The fourth-order valence-corrected chi connectivity index (χ4v) is 4.44. The van der Waals surface area contributed by atoms with E-state index in [4.69, 9.17) is 4.42 Å². The van der Waals surface area contributed by atoms with E-state index in [0.29, 0.717) is 6.04 Å². The molecule has 1 unspecified atom stereocenters. The van der Waals surface area contributed by atoms with Gasteiger partial charge in [-0.1, -0.05) is 48.5 Å². The molecule has 3 heterocycles. The first-order valence-electron chi connectivity index (χ1n) is 9.78. The van der Waals surface area contributed by atoms with E-state index in [2.05, 4.69) is 70.5 Å². The van der Waals surface area contributed by atoms with Gasteiger partial charge in [-0.05, 0) is 42.2 Å². The number of aryl methyl sites for hydroxylation is 1. The van der Waals surface area contributed by atoms with Gasteiger partial charge in [0.1, 0.15) is 5.76 Å². The molecular weight excluding hydrogens is 332 g/mol. The molecule has 0 fully saturated rings. The Morgan fingerprint density at radius 2 is 1.81 bits per heavy atom. The lowest BCUT2D eigenvalue weighted by molar-refractivity contribution is 0.162. The van der Waals surface area contributed by atoms with Crippen LogP contribution in [0.25, 0.3) is 10.9 Å². The molecule has 1 N–H and O–H groups in total. The Morgan fingerprint density at radius 1 is 0.963 bits per heavy atom. The van der Waals surface area contributed by atoms with Crippen molar-refractivity contribution in [2.75, 3.05) is 6.54 Å². The Balaban J connectivity index is 1.49. The Kier molecular flexibility index (Phi) is 4.30. The predicted octanol–water partition coefficient (Wildman–Crippen LogP) is 5.49. The third kappa shape index (κ3) is 3.19. The Hall–Kier alpha value is -2.78. The van der Waals surface area contributed by atoms with Gasteiger partial charge in [0.15, 0.2) is 0 Å². The minimum atomic E-state index is 0.381. The largest absolute Gasteiger partial charge is 0.469 e. The number of H-pyrrole nitrogens is 1. The number of para-hydroxylation sites is 1. The van der Waals surface area contributed by atoms with E-state index >= 15 is 0 Å². The SMILES string of the molecule is c1ccc(CN2CCc3c([nH]c4ccccc34)C2CCc2ccco2)cc1. The Labute approximate surface area is 159 Å². The van der Waals surface area contributed by atoms with Crippen molar-refractivity contribution in [3.63, 3.8) is 0 Å². The van der Waals surface area contributed by atoms with Gasteiger partial charge in [0.2, 0.25) is 0 Å². The van der Waals surface area contributed by atoms with Crippen molar-refractivity contribution in [1.82, 2.24) is 9.88 Å². The average Bonchev–Trinajstić information content (AvgIpc) is 3.35. The van der Waals surface area contributed by atoms with E-state index in [1.807, 2.05) is 6.07 Å². The third-order valence-corrected chi connectivity index (χ3v) is 5.74. The second-order valence-electron chi connectivity index (χ2n) is 7.40. The molecule has 0 saturated carbocycles. The zero-order valence-corrected chi connectivity index (χ0v) is 15.4. The van der Waals surface area contributed by atoms with Crippen molar-refractivity contribution in [2.24, 2.45) is 0 Å². The standard InChI is InChI=1S/C24H24N2O/c1-2-7-18(8-3-1)17-26-15-14-21-20-10-4-5-11-22(20)25-24(21)23(26)13-12-19-9-6-16-27-19/h1-11,16,23,25H,12-15,17H2. The van der Waals surface area contributed by atoms with E-state index in [0.717, 1.165) is 38.1 Å². The zero-order valence-electron chi connectivity index (χ0n) is 15.4. The summed E-state index contributed by atoms with van der Waals surface area (Å²) in [6.45, 7) is 2.07. The number of hydrogen-bond donors (Lipinski definition) is 1. The molecule has 0 aliphatic carbocycles. The van der Waals surface area contributed by atoms with Crippen molar-refractivity contribution in [1.29, 1.82) is 0 Å². The summed E-state index contributed by atoms with van der Waals surface area (Å²) in [6.07, 6.45) is 4.88. The summed E-state index contributed by atoms with van der Waals surface area (Å²) in [4.78, 5) is 6.36. The van der Waals surface area contributed by atoms with Crippen LogP contribution in [0.4, 0.5) is 0 Å². The molecule has 3 heteroatoms. The highest BCUT2D eigenvalue weighted by Crippen LogP contribution is 2.37. The summed E-state index contributed by atoms with van der Waals surface area (Å²) in [7, 11) is 0. The molecule has 0 amide bonds. The van der Waals surface area contributed by atoms with Gasteiger partial charge in [-0.3, -0.25) is 4.90 Å². The molecule has 1 atom stereocenters. The molecular formula is C24H24N2O. The van der Waals surface area contributed by atoms with Crippen LogP contribution in [-0.4, -0.2) is 16.4 Å². The summed E-state index contributed by atoms with van der Waals surface area (Å²) < 4.78 is 5.60. The maximum atomic E-state index is 5.60. The van der Waals surface area contributed by atoms with Crippen molar-refractivity contribution in [3.05, 3.63) is 95.6 Å². The number of fused-ring (bicyclic) bond motifs is 3. The highest BCUT2D eigenvalue weighted by atomic mass is 16.3. The topological polar surface area (TPSA) is 32.2 Å². The van der Waals surface area contributed by atoms with Crippen molar-refractivity contribution in [2.45, 2.75) is 31.8 Å². The Morgan fingerprint density at radius 3 is 2.67 bits per heavy atom. The zero-order chi connectivity index (χ0) is 18.1. The molecule has 2 aromatic carbocycles. The van der Waals surface area contributed by atoms with Gasteiger partial charge in [0.05, 0.1) is 12.3 Å². The number of furan rings is 1. The summed E-state index contributed by atoms with van der Waals surface area (Å²) in [5, 5.41) is 1.38. The first-order chi connectivity index (χ1) is 13.4. The second kappa shape index (κ2) is 7.09. The van der Waals surface area contributed by atoms with Crippen LogP contribution in [0.3, 0.4) is 0 Å². The fraction of sp³-hybridized carbons (Fsp3) is 0.250. The van der Waals surface area contributed by atoms with Crippen LogP contribution in [-0.2, 0) is 19.4 Å². The quantitative estimate of drug-likeness (QED) is 0.512. The molecule has 0 radical (unpaired) electrons. The van der Waals surface area contributed by atoms with Crippen molar-refractivity contribution >= 4 is 10.9 Å². The lowest BCUT2D eigenvalue weighted by Crippen LogP contribution is -2.35. The summed E-state index contributed by atoms with van der Waals surface area (Å²) in [5.41, 5.74) is 5.52. The lowest BCUT2D eigenvalue weighted by atomic mass is 9.93. The molecule has 0 spiro atoms. The van der Waals surface area contributed by atoms with Crippen LogP contribution in [0.2, 0.25) is 0 Å². The summed E-state index contributed by atoms with van der Waals surface area (Å²) in [5.74, 6) is 1.07. The van der Waals surface area contributed by atoms with Gasteiger partial charge in [0, 0.05) is 36.1 Å². The van der Waals surface area contributed by atoms with Crippen LogP contribution in [0, 0.1) is 0 Å². The normalized spacial score (nSPS) is 17.3. The van der Waals surface area contributed by atoms with Gasteiger partial charge in [0.25, 0.3) is 0 Å². The number of hydrogen-bond acceptors (Lipinski definition) is 2. The van der Waals surface area contributed by atoms with Crippen molar-refractivity contribution < 1.29 is 4.42 Å². The summed E-state index contributed by atoms with van der Waals surface area (Å²) >= 11 is 0. The van der Waals surface area contributed by atoms with E-state index in [1.165, 1.54) is 27.7 Å². The highest BCUT2D eigenvalue weighted by molar-refractivity contribution is 5.85. The highest BCUT2D eigenvalue weighted by Gasteiger charge is 2.30. The number of nitrogens with one attached hydrogen (secondary N) is 1. The number of aromatic nitrogens is 1. The van der Waals surface area contributed by atoms with Gasteiger partial charge >= 0.3 is 0 Å². The van der Waals surface area contributed by atoms with Gasteiger partial charge in [-0.25, -0.2) is 0 Å². The number of nitrogens with zero attached hydrogens (tertiary/aromatic N) is 1. The van der Waals surface area contributed by atoms with Gasteiger partial charge in [-0.2, -0.15) is 0 Å². The van der Waals surface area contributed by atoms with Gasteiger partial charge in [-0.15, -0.1) is 0 Å². The number of benzene rings is 2. The molecule has 4 aromatic rings. The van der Waals surface area contributed by atoms with Crippen LogP contribution in [0.15, 0.2) is 77.4 Å². The molecule has 0 saturated heterocycles. The predicted molar refractivity (Wildman–Crippen MR) is 109 cm³/mol. The average molecular weight is 356 g/mol. The third-order valence-electron chi connectivity index (χ3n) is 5.74. The lowest BCUT2D eigenvalue weighted by Gasteiger charge is -2.36. The van der Waals surface area contributed by atoms with E-state index in [-0.39, 0.29) is 0 Å². The minimum absolute atomic E-state index is 0.381. The van der Waals surface area contributed by atoms with E-state index < -0.39 is 0 Å².